The second kappa shape index (κ2) is 4.83. The van der Waals surface area contributed by atoms with Crippen LogP contribution in [0, 0.1) is 6.92 Å². The van der Waals surface area contributed by atoms with E-state index in [4.69, 9.17) is 0 Å². The van der Waals surface area contributed by atoms with Gasteiger partial charge in [-0.05, 0) is 32.4 Å². The second-order valence-corrected chi connectivity index (χ2v) is 4.58. The van der Waals surface area contributed by atoms with Crippen LogP contribution in [-0.2, 0) is 6.54 Å². The molecule has 1 aromatic rings. The zero-order valence-corrected chi connectivity index (χ0v) is 10.5. The first-order valence-electron chi connectivity index (χ1n) is 6.11. The Morgan fingerprint density at radius 1 is 1.50 bits per heavy atom. The van der Waals surface area contributed by atoms with Gasteiger partial charge in [-0.25, -0.2) is 0 Å². The molecule has 16 heavy (non-hydrogen) atoms. The van der Waals surface area contributed by atoms with Crippen molar-refractivity contribution in [3.63, 3.8) is 0 Å². The van der Waals surface area contributed by atoms with Gasteiger partial charge in [-0.15, -0.1) is 0 Å². The zero-order valence-electron chi connectivity index (χ0n) is 10.5. The molecule has 0 bridgehead atoms. The van der Waals surface area contributed by atoms with Crippen molar-refractivity contribution in [3.8, 4) is 0 Å². The predicted octanol–water partition coefficient (Wildman–Crippen LogP) is 2.10. The molecule has 1 aliphatic rings. The maximum atomic E-state index is 4.39. The summed E-state index contributed by atoms with van der Waals surface area (Å²) in [5, 5.41) is 3.37. The van der Waals surface area contributed by atoms with Gasteiger partial charge < -0.3 is 10.2 Å². The molecule has 0 aliphatic heterocycles. The molecule has 0 atom stereocenters. The number of nitrogens with one attached hydrogen (secondary N) is 1. The van der Waals surface area contributed by atoms with Crippen LogP contribution in [0.3, 0.4) is 0 Å². The quantitative estimate of drug-likeness (QED) is 0.822. The fraction of sp³-hybridized carbons (Fsp3) is 0.615. The van der Waals surface area contributed by atoms with E-state index < -0.39 is 0 Å². The molecule has 3 heteroatoms. The van der Waals surface area contributed by atoms with Gasteiger partial charge in [0.15, 0.2) is 0 Å². The van der Waals surface area contributed by atoms with E-state index in [1.54, 1.807) is 0 Å². The SMILES string of the molecule is CCNCc1cnc(C)cc1N(C)C1CC1. The van der Waals surface area contributed by atoms with Crippen molar-refractivity contribution >= 4 is 5.69 Å². The first kappa shape index (κ1) is 11.4. The lowest BCUT2D eigenvalue weighted by atomic mass is 10.2. The maximum Gasteiger partial charge on any atom is 0.0445 e. The lowest BCUT2D eigenvalue weighted by Crippen LogP contribution is -2.23. The minimum absolute atomic E-state index is 0.752. The third kappa shape index (κ3) is 2.53. The largest absolute Gasteiger partial charge is 0.371 e. The van der Waals surface area contributed by atoms with Gasteiger partial charge in [-0.3, -0.25) is 4.98 Å². The first-order valence-corrected chi connectivity index (χ1v) is 6.11. The molecule has 1 N–H and O–H groups in total. The molecule has 0 saturated heterocycles. The summed E-state index contributed by atoms with van der Waals surface area (Å²) in [6.07, 6.45) is 4.67. The van der Waals surface area contributed by atoms with E-state index in [0.29, 0.717) is 0 Å². The van der Waals surface area contributed by atoms with Crippen molar-refractivity contribution < 1.29 is 0 Å². The molecule has 1 aliphatic carbocycles. The highest BCUT2D eigenvalue weighted by molar-refractivity contribution is 5.54. The number of anilines is 1. The highest BCUT2D eigenvalue weighted by atomic mass is 15.2. The van der Waals surface area contributed by atoms with Gasteiger partial charge in [0.2, 0.25) is 0 Å². The normalized spacial score (nSPS) is 15.2. The molecule has 1 heterocycles. The highest BCUT2D eigenvalue weighted by Crippen LogP contribution is 2.32. The average Bonchev–Trinajstić information content (AvgIpc) is 3.10. The van der Waals surface area contributed by atoms with Gasteiger partial charge >= 0.3 is 0 Å². The van der Waals surface area contributed by atoms with Crippen LogP contribution < -0.4 is 10.2 Å². The fourth-order valence-electron chi connectivity index (χ4n) is 1.96. The molecule has 1 fully saturated rings. The zero-order chi connectivity index (χ0) is 11.5. The van der Waals surface area contributed by atoms with E-state index in [2.05, 4.69) is 42.2 Å². The number of aromatic nitrogens is 1. The Bertz CT molecular complexity index is 358. The van der Waals surface area contributed by atoms with Gasteiger partial charge in [-0.1, -0.05) is 6.92 Å². The lowest BCUT2D eigenvalue weighted by Gasteiger charge is -2.22. The van der Waals surface area contributed by atoms with E-state index in [0.717, 1.165) is 24.8 Å². The van der Waals surface area contributed by atoms with E-state index in [1.165, 1.54) is 24.1 Å². The topological polar surface area (TPSA) is 28.2 Å². The summed E-state index contributed by atoms with van der Waals surface area (Å²) in [6.45, 7) is 6.10. The molecule has 0 aromatic carbocycles. The van der Waals surface area contributed by atoms with Crippen LogP contribution in [0.1, 0.15) is 31.0 Å². The van der Waals surface area contributed by atoms with Crippen molar-refractivity contribution in [2.45, 2.75) is 39.3 Å². The van der Waals surface area contributed by atoms with E-state index in [1.807, 2.05) is 6.20 Å². The molecule has 0 spiro atoms. The molecule has 0 amide bonds. The summed E-state index contributed by atoms with van der Waals surface area (Å²) in [4.78, 5) is 6.79. The lowest BCUT2D eigenvalue weighted by molar-refractivity contribution is 0.719. The molecule has 2 rings (SSSR count). The Labute approximate surface area is 97.9 Å². The number of pyridine rings is 1. The van der Waals surface area contributed by atoms with Gasteiger partial charge in [0.1, 0.15) is 0 Å². The Balaban J connectivity index is 2.20. The summed E-state index contributed by atoms with van der Waals surface area (Å²) >= 11 is 0. The summed E-state index contributed by atoms with van der Waals surface area (Å²) < 4.78 is 0. The molecule has 1 saturated carbocycles. The van der Waals surface area contributed by atoms with Crippen LogP contribution in [0.15, 0.2) is 12.3 Å². The van der Waals surface area contributed by atoms with Gasteiger partial charge in [0, 0.05) is 42.8 Å². The van der Waals surface area contributed by atoms with Crippen LogP contribution in [-0.4, -0.2) is 24.6 Å². The molecule has 0 unspecified atom stereocenters. The Morgan fingerprint density at radius 2 is 2.25 bits per heavy atom. The van der Waals surface area contributed by atoms with Crippen LogP contribution in [0.25, 0.3) is 0 Å². The number of aryl methyl sites for hydroxylation is 1. The van der Waals surface area contributed by atoms with Crippen molar-refractivity contribution in [1.82, 2.24) is 10.3 Å². The minimum Gasteiger partial charge on any atom is -0.371 e. The summed E-state index contributed by atoms with van der Waals surface area (Å²) in [6, 6.07) is 2.95. The molecular formula is C13H21N3. The monoisotopic (exact) mass is 219 g/mol. The second-order valence-electron chi connectivity index (χ2n) is 4.58. The summed E-state index contributed by atoms with van der Waals surface area (Å²) in [5.41, 5.74) is 3.75. The third-order valence-corrected chi connectivity index (χ3v) is 3.14. The van der Waals surface area contributed by atoms with Crippen molar-refractivity contribution in [2.75, 3.05) is 18.5 Å². The van der Waals surface area contributed by atoms with Crippen molar-refractivity contribution in [2.24, 2.45) is 0 Å². The molecular weight excluding hydrogens is 198 g/mol. The van der Waals surface area contributed by atoms with Crippen LogP contribution in [0.2, 0.25) is 0 Å². The number of rotatable bonds is 5. The number of hydrogen-bond donors (Lipinski definition) is 1. The van der Waals surface area contributed by atoms with Crippen molar-refractivity contribution in [1.29, 1.82) is 0 Å². The van der Waals surface area contributed by atoms with Gasteiger partial charge in [-0.2, -0.15) is 0 Å². The molecule has 88 valence electrons. The van der Waals surface area contributed by atoms with Crippen LogP contribution in [0.5, 0.6) is 0 Å². The van der Waals surface area contributed by atoms with Crippen LogP contribution in [0.4, 0.5) is 5.69 Å². The molecule has 3 nitrogen and oxygen atoms in total. The van der Waals surface area contributed by atoms with Crippen molar-refractivity contribution in [3.05, 3.63) is 23.5 Å². The van der Waals surface area contributed by atoms with Gasteiger partial charge in [0.05, 0.1) is 0 Å². The third-order valence-electron chi connectivity index (χ3n) is 3.14. The Morgan fingerprint density at radius 3 is 2.88 bits per heavy atom. The smallest absolute Gasteiger partial charge is 0.0445 e. The standard InChI is InChI=1S/C13H21N3/c1-4-14-8-11-9-15-10(2)7-13(11)16(3)12-5-6-12/h7,9,12,14H,4-6,8H2,1-3H3. The van der Waals surface area contributed by atoms with E-state index >= 15 is 0 Å². The molecule has 1 aromatic heterocycles. The van der Waals surface area contributed by atoms with E-state index in [-0.39, 0.29) is 0 Å². The Hall–Kier alpha value is -1.09. The van der Waals surface area contributed by atoms with E-state index in [9.17, 15) is 0 Å². The maximum absolute atomic E-state index is 4.39. The highest BCUT2D eigenvalue weighted by Gasteiger charge is 2.27. The molecule has 0 radical (unpaired) electrons. The predicted molar refractivity (Wildman–Crippen MR) is 67.8 cm³/mol. The number of hydrogen-bond acceptors (Lipinski definition) is 3. The Kier molecular flexibility index (Phi) is 3.44. The van der Waals surface area contributed by atoms with Gasteiger partial charge in [0.25, 0.3) is 0 Å². The summed E-state index contributed by atoms with van der Waals surface area (Å²) in [5.74, 6) is 0. The number of nitrogens with zero attached hydrogens (tertiary/aromatic N) is 2. The fourth-order valence-corrected chi connectivity index (χ4v) is 1.96. The first-order chi connectivity index (χ1) is 7.72. The minimum atomic E-state index is 0.752. The average molecular weight is 219 g/mol. The summed E-state index contributed by atoms with van der Waals surface area (Å²) in [7, 11) is 2.20. The van der Waals surface area contributed by atoms with Crippen LogP contribution >= 0.6 is 0 Å².